The number of nitrogens with zero attached hydrogens (tertiary/aromatic N) is 1. The average molecular weight is 453 g/mol. The summed E-state index contributed by atoms with van der Waals surface area (Å²) in [6, 6.07) is 3.44. The number of phenols is 2. The van der Waals surface area contributed by atoms with Gasteiger partial charge in [0.2, 0.25) is 5.91 Å². The van der Waals surface area contributed by atoms with Gasteiger partial charge in [-0.05, 0) is 30.1 Å². The van der Waals surface area contributed by atoms with Crippen LogP contribution in [0, 0.1) is 0 Å². The summed E-state index contributed by atoms with van der Waals surface area (Å²) in [5.74, 6) is -0.390. The van der Waals surface area contributed by atoms with E-state index in [1.54, 1.807) is 6.92 Å². The van der Waals surface area contributed by atoms with Gasteiger partial charge in [0.15, 0.2) is 0 Å². The molecular formula is C15H20INO5S. The van der Waals surface area contributed by atoms with Gasteiger partial charge in [0.1, 0.15) is 22.9 Å². The zero-order chi connectivity index (χ0) is 17.6. The maximum atomic E-state index is 11.9. The van der Waals surface area contributed by atoms with Crippen molar-refractivity contribution in [3.05, 3.63) is 23.8 Å². The second kappa shape index (κ2) is 9.21. The molecule has 2 unspecified atom stereocenters. The fourth-order valence-electron chi connectivity index (χ4n) is 2.29. The highest BCUT2D eigenvalue weighted by molar-refractivity contribution is 14.1. The second-order valence-electron chi connectivity index (χ2n) is 4.62. The van der Waals surface area contributed by atoms with Crippen LogP contribution in [0.1, 0.15) is 24.8 Å². The van der Waals surface area contributed by atoms with Gasteiger partial charge >= 0.3 is 5.97 Å². The average Bonchev–Trinajstić information content (AvgIpc) is 2.97. The number of alkyl halides is 1. The summed E-state index contributed by atoms with van der Waals surface area (Å²) in [7, 11) is 0. The van der Waals surface area contributed by atoms with Crippen molar-refractivity contribution >= 4 is 46.2 Å². The van der Waals surface area contributed by atoms with E-state index in [1.165, 1.54) is 41.8 Å². The van der Waals surface area contributed by atoms with Gasteiger partial charge in [0.05, 0.1) is 6.61 Å². The molecule has 8 heteroatoms. The Labute approximate surface area is 153 Å². The Kier molecular flexibility index (Phi) is 7.97. The molecule has 0 radical (unpaired) electrons. The molecule has 2 atom stereocenters. The van der Waals surface area contributed by atoms with Gasteiger partial charge < -0.3 is 19.8 Å². The molecule has 1 saturated heterocycles. The van der Waals surface area contributed by atoms with Crippen LogP contribution in [0.25, 0.3) is 0 Å². The normalized spacial score (nSPS) is 19.7. The minimum Gasteiger partial charge on any atom is -0.508 e. The van der Waals surface area contributed by atoms with Gasteiger partial charge in [-0.1, -0.05) is 22.6 Å². The highest BCUT2D eigenvalue weighted by Crippen LogP contribution is 2.45. The van der Waals surface area contributed by atoms with Crippen molar-refractivity contribution in [3.63, 3.8) is 0 Å². The molecule has 0 bridgehead atoms. The number of halogens is 1. The lowest BCUT2D eigenvalue weighted by Gasteiger charge is -2.27. The lowest BCUT2D eigenvalue weighted by molar-refractivity contribution is -0.153. The van der Waals surface area contributed by atoms with Crippen molar-refractivity contribution in [3.8, 4) is 11.5 Å². The Bertz CT molecular complexity index is 569. The van der Waals surface area contributed by atoms with Crippen LogP contribution in [0.2, 0.25) is 0 Å². The van der Waals surface area contributed by atoms with Gasteiger partial charge in [0, 0.05) is 18.2 Å². The van der Waals surface area contributed by atoms with Crippen molar-refractivity contribution in [2.75, 3.05) is 17.3 Å². The van der Waals surface area contributed by atoms with Crippen molar-refractivity contribution < 1.29 is 24.5 Å². The number of esters is 1. The summed E-state index contributed by atoms with van der Waals surface area (Å²) in [5.41, 5.74) is 0.405. The van der Waals surface area contributed by atoms with Crippen LogP contribution in [0.15, 0.2) is 18.2 Å². The van der Waals surface area contributed by atoms with Gasteiger partial charge in [-0.2, -0.15) is 0 Å². The topological polar surface area (TPSA) is 87.1 Å². The lowest BCUT2D eigenvalue weighted by Crippen LogP contribution is -2.42. The van der Waals surface area contributed by atoms with Gasteiger partial charge in [-0.25, -0.2) is 4.79 Å². The number of hydrogen-bond acceptors (Lipinski definition) is 6. The van der Waals surface area contributed by atoms with Crippen LogP contribution in [-0.2, 0) is 14.3 Å². The number of amides is 1. The third-order valence-corrected chi connectivity index (χ3v) is 4.50. The number of carbonyl (C=O) groups excluding carboxylic acids is 2. The van der Waals surface area contributed by atoms with Crippen LogP contribution in [-0.4, -0.2) is 50.3 Å². The molecule has 1 fully saturated rings. The van der Waals surface area contributed by atoms with E-state index < -0.39 is 17.4 Å². The predicted molar refractivity (Wildman–Crippen MR) is 97.9 cm³/mol. The zero-order valence-electron chi connectivity index (χ0n) is 13.2. The molecule has 1 amide bonds. The number of carbonyl (C=O) groups is 2. The molecular weight excluding hydrogens is 433 g/mol. The number of ether oxygens (including phenoxy) is 1. The van der Waals surface area contributed by atoms with Crippen molar-refractivity contribution in [2.45, 2.75) is 25.3 Å². The lowest BCUT2D eigenvalue weighted by atomic mass is 10.1. The first-order valence-corrected chi connectivity index (χ1v) is 10.1. The van der Waals surface area contributed by atoms with E-state index in [1.807, 2.05) is 4.93 Å². The standard InChI is InChI=1S/C14H17NO5S.CH3I/c1-3-20-14(19)11-7-21-13(15(11)8(2)16)10-6-9(17)4-5-12(10)18;1-2/h4-6,11,13,17-18H,3,7H2,1-2H3;1H3. The Hall–Kier alpha value is -1.16. The molecule has 23 heavy (non-hydrogen) atoms. The summed E-state index contributed by atoms with van der Waals surface area (Å²) in [5, 5.41) is 19.0. The smallest absolute Gasteiger partial charge is 0.329 e. The van der Waals surface area contributed by atoms with Crippen molar-refractivity contribution in [2.24, 2.45) is 0 Å². The SMILES string of the molecule is CCOC(=O)C1CSC(c2cc(O)ccc2O)N1C(C)=O.CI. The first kappa shape index (κ1) is 19.9. The van der Waals surface area contributed by atoms with Gasteiger partial charge in [-0.3, -0.25) is 4.79 Å². The number of phenolic OH excluding ortho intramolecular Hbond substituents is 2. The van der Waals surface area contributed by atoms with Gasteiger partial charge in [0.25, 0.3) is 0 Å². The maximum Gasteiger partial charge on any atom is 0.329 e. The third kappa shape index (κ3) is 4.66. The van der Waals surface area contributed by atoms with Crippen molar-refractivity contribution in [1.82, 2.24) is 4.90 Å². The zero-order valence-corrected chi connectivity index (χ0v) is 16.1. The first-order valence-electron chi connectivity index (χ1n) is 6.92. The van der Waals surface area contributed by atoms with E-state index in [4.69, 9.17) is 4.74 Å². The molecule has 1 aromatic rings. The molecule has 6 nitrogen and oxygen atoms in total. The van der Waals surface area contributed by atoms with E-state index in [9.17, 15) is 19.8 Å². The fourth-order valence-corrected chi connectivity index (χ4v) is 3.78. The second-order valence-corrected chi connectivity index (χ2v) is 5.74. The minimum atomic E-state index is -0.681. The third-order valence-electron chi connectivity index (χ3n) is 3.20. The summed E-state index contributed by atoms with van der Waals surface area (Å²) in [6.45, 7) is 3.31. The molecule has 128 valence electrons. The number of benzene rings is 1. The molecule has 2 N–H and O–H groups in total. The Morgan fingerprint density at radius 3 is 2.61 bits per heavy atom. The highest BCUT2D eigenvalue weighted by atomic mass is 127. The largest absolute Gasteiger partial charge is 0.508 e. The van der Waals surface area contributed by atoms with Gasteiger partial charge in [-0.15, -0.1) is 11.8 Å². The van der Waals surface area contributed by atoms with Crippen LogP contribution in [0.3, 0.4) is 0 Å². The summed E-state index contributed by atoms with van der Waals surface area (Å²) in [6.07, 6.45) is 0. The Balaban J connectivity index is 0.00000127. The molecule has 0 aliphatic carbocycles. The molecule has 0 spiro atoms. The predicted octanol–water partition coefficient (Wildman–Crippen LogP) is 2.67. The summed E-state index contributed by atoms with van der Waals surface area (Å²) >= 11 is 3.50. The number of thioether (sulfide) groups is 1. The van der Waals surface area contributed by atoms with Crippen LogP contribution >= 0.6 is 34.4 Å². The number of aromatic hydroxyl groups is 2. The van der Waals surface area contributed by atoms with E-state index in [0.29, 0.717) is 11.3 Å². The van der Waals surface area contributed by atoms with E-state index >= 15 is 0 Å². The molecule has 1 aliphatic rings. The first-order chi connectivity index (χ1) is 11.0. The molecule has 1 heterocycles. The van der Waals surface area contributed by atoms with E-state index in [2.05, 4.69) is 22.6 Å². The minimum absolute atomic E-state index is 0.00788. The number of hydrogen-bond donors (Lipinski definition) is 2. The van der Waals surface area contributed by atoms with E-state index in [-0.39, 0.29) is 24.0 Å². The molecule has 0 aromatic heterocycles. The van der Waals surface area contributed by atoms with Crippen molar-refractivity contribution in [1.29, 1.82) is 0 Å². The fraction of sp³-hybridized carbons (Fsp3) is 0.467. The van der Waals surface area contributed by atoms with E-state index in [0.717, 1.165) is 0 Å². The molecule has 1 aliphatic heterocycles. The highest BCUT2D eigenvalue weighted by Gasteiger charge is 2.42. The summed E-state index contributed by atoms with van der Waals surface area (Å²) in [4.78, 5) is 27.2. The molecule has 1 aromatic carbocycles. The maximum absolute atomic E-state index is 11.9. The molecule has 0 saturated carbocycles. The Morgan fingerprint density at radius 2 is 2.04 bits per heavy atom. The monoisotopic (exact) mass is 453 g/mol. The molecule has 2 rings (SSSR count). The van der Waals surface area contributed by atoms with Crippen LogP contribution in [0.4, 0.5) is 0 Å². The Morgan fingerprint density at radius 1 is 1.39 bits per heavy atom. The summed E-state index contributed by atoms with van der Waals surface area (Å²) < 4.78 is 4.99. The quantitative estimate of drug-likeness (QED) is 0.317. The number of rotatable bonds is 3. The van der Waals surface area contributed by atoms with Crippen LogP contribution < -0.4 is 0 Å². The van der Waals surface area contributed by atoms with Crippen LogP contribution in [0.5, 0.6) is 11.5 Å².